The molecule has 0 saturated heterocycles. The van der Waals surface area contributed by atoms with Crippen LogP contribution in [0.3, 0.4) is 0 Å². The maximum atomic E-state index is 12.4. The first-order chi connectivity index (χ1) is 9.05. The third-order valence-corrected chi connectivity index (χ3v) is 4.29. The van der Waals surface area contributed by atoms with Crippen LogP contribution in [0.2, 0.25) is 0 Å². The van der Waals surface area contributed by atoms with Gasteiger partial charge in [0, 0.05) is 12.4 Å². The second-order valence-electron chi connectivity index (χ2n) is 3.65. The molecular weight excluding hydrogens is 266 g/mol. The number of benzene rings is 1. The monoisotopic (exact) mass is 277 g/mol. The van der Waals surface area contributed by atoms with E-state index in [2.05, 4.69) is 14.7 Å². The van der Waals surface area contributed by atoms with Gasteiger partial charge in [0.25, 0.3) is 0 Å². The van der Waals surface area contributed by atoms with E-state index in [1.165, 1.54) is 50.1 Å². The highest BCUT2D eigenvalue weighted by Gasteiger charge is 2.15. The molecule has 1 aromatic carbocycles. The summed E-state index contributed by atoms with van der Waals surface area (Å²) in [5.41, 5.74) is 0.339. The Morgan fingerprint density at radius 2 is 1.74 bits per heavy atom. The van der Waals surface area contributed by atoms with Crippen molar-refractivity contribution in [2.24, 2.45) is 0 Å². The standard InChI is InChI=1S/C12H11N3O3S/c1-18-12(16)9-2-4-10(5-3-9)19(13,17)11-6-14-8-15-7-11/h2-8,13H,1H3. The Balaban J connectivity index is 2.40. The molecule has 0 aliphatic rings. The number of methoxy groups -OCH3 is 1. The first-order valence-corrected chi connectivity index (χ1v) is 6.84. The molecule has 0 saturated carbocycles. The van der Waals surface area contributed by atoms with Gasteiger partial charge in [-0.05, 0) is 24.3 Å². The van der Waals surface area contributed by atoms with Crippen LogP contribution in [0.5, 0.6) is 0 Å². The normalized spacial score (nSPS) is 13.5. The van der Waals surface area contributed by atoms with Crippen LogP contribution < -0.4 is 0 Å². The van der Waals surface area contributed by atoms with Gasteiger partial charge in [-0.3, -0.25) is 0 Å². The molecule has 0 aliphatic carbocycles. The van der Waals surface area contributed by atoms with Gasteiger partial charge in [-0.15, -0.1) is 0 Å². The zero-order valence-electron chi connectivity index (χ0n) is 10.1. The van der Waals surface area contributed by atoms with Gasteiger partial charge in [-0.1, -0.05) is 0 Å². The van der Waals surface area contributed by atoms with Crippen LogP contribution in [0.4, 0.5) is 0 Å². The molecule has 6 nitrogen and oxygen atoms in total. The first-order valence-electron chi connectivity index (χ1n) is 5.28. The maximum Gasteiger partial charge on any atom is 0.337 e. The minimum Gasteiger partial charge on any atom is -0.465 e. The smallest absolute Gasteiger partial charge is 0.337 e. The van der Waals surface area contributed by atoms with Crippen LogP contribution in [0, 0.1) is 4.78 Å². The van der Waals surface area contributed by atoms with Crippen LogP contribution in [0.15, 0.2) is 52.8 Å². The second-order valence-corrected chi connectivity index (χ2v) is 5.70. The molecule has 7 heteroatoms. The molecule has 2 aromatic rings. The van der Waals surface area contributed by atoms with E-state index < -0.39 is 15.7 Å². The van der Waals surface area contributed by atoms with Gasteiger partial charge in [0.05, 0.1) is 22.5 Å². The third-order valence-electron chi connectivity index (χ3n) is 2.48. The van der Waals surface area contributed by atoms with Crippen molar-refractivity contribution < 1.29 is 13.7 Å². The molecule has 2 rings (SSSR count). The Kier molecular flexibility index (Phi) is 3.57. The number of carbonyl (C=O) groups is 1. The Bertz CT molecular complexity index is 682. The van der Waals surface area contributed by atoms with Gasteiger partial charge < -0.3 is 4.74 Å². The van der Waals surface area contributed by atoms with E-state index in [9.17, 15) is 9.00 Å². The number of nitrogens with one attached hydrogen (secondary N) is 1. The number of ether oxygens (including phenoxy) is 1. The number of nitrogens with zero attached hydrogens (tertiary/aromatic N) is 2. The van der Waals surface area contributed by atoms with Gasteiger partial charge in [0.2, 0.25) is 0 Å². The van der Waals surface area contributed by atoms with E-state index in [0.29, 0.717) is 5.56 Å². The Morgan fingerprint density at radius 1 is 1.16 bits per heavy atom. The average Bonchev–Trinajstić information content (AvgIpc) is 2.47. The van der Waals surface area contributed by atoms with E-state index in [-0.39, 0.29) is 9.79 Å². The van der Waals surface area contributed by atoms with Crippen LogP contribution >= 0.6 is 0 Å². The van der Waals surface area contributed by atoms with Crippen molar-refractivity contribution in [3.8, 4) is 0 Å². The predicted molar refractivity (Wildman–Crippen MR) is 67.2 cm³/mol. The zero-order chi connectivity index (χ0) is 13.9. The predicted octanol–water partition coefficient (Wildman–Crippen LogP) is 1.73. The van der Waals surface area contributed by atoms with Crippen LogP contribution in [0.1, 0.15) is 10.4 Å². The van der Waals surface area contributed by atoms with E-state index >= 15 is 0 Å². The van der Waals surface area contributed by atoms with Gasteiger partial charge in [-0.2, -0.15) is 0 Å². The lowest BCUT2D eigenvalue weighted by Crippen LogP contribution is -2.04. The Labute approximate surface area is 110 Å². The summed E-state index contributed by atoms with van der Waals surface area (Å²) in [6.07, 6.45) is 3.99. The molecule has 0 radical (unpaired) electrons. The Hall–Kier alpha value is -2.28. The van der Waals surface area contributed by atoms with Gasteiger partial charge in [0.15, 0.2) is 0 Å². The van der Waals surface area contributed by atoms with Gasteiger partial charge in [-0.25, -0.2) is 23.8 Å². The van der Waals surface area contributed by atoms with Crippen molar-refractivity contribution in [1.29, 1.82) is 4.78 Å². The summed E-state index contributed by atoms with van der Waals surface area (Å²) in [6.45, 7) is 0. The van der Waals surface area contributed by atoms with E-state index in [1.54, 1.807) is 0 Å². The average molecular weight is 277 g/mol. The molecule has 0 fully saturated rings. The second kappa shape index (κ2) is 5.15. The van der Waals surface area contributed by atoms with Crippen molar-refractivity contribution in [3.63, 3.8) is 0 Å². The summed E-state index contributed by atoms with van der Waals surface area (Å²) < 4.78 is 24.9. The molecule has 0 spiro atoms. The van der Waals surface area contributed by atoms with Crippen molar-refractivity contribution >= 4 is 15.7 Å². The van der Waals surface area contributed by atoms with Crippen molar-refractivity contribution in [2.75, 3.05) is 7.11 Å². The summed E-state index contributed by atoms with van der Waals surface area (Å²) in [7, 11) is -1.88. The number of hydrogen-bond donors (Lipinski definition) is 1. The number of hydrogen-bond acceptors (Lipinski definition) is 6. The maximum absolute atomic E-state index is 12.4. The van der Waals surface area contributed by atoms with Gasteiger partial charge >= 0.3 is 5.97 Å². The quantitative estimate of drug-likeness (QED) is 0.862. The summed E-state index contributed by atoms with van der Waals surface area (Å²) in [5, 5.41) is 0. The Morgan fingerprint density at radius 3 is 2.26 bits per heavy atom. The lowest BCUT2D eigenvalue weighted by Gasteiger charge is -2.07. The highest BCUT2D eigenvalue weighted by atomic mass is 32.2. The fourth-order valence-electron chi connectivity index (χ4n) is 1.47. The number of rotatable bonds is 3. The van der Waals surface area contributed by atoms with E-state index in [0.717, 1.165) is 0 Å². The summed E-state index contributed by atoms with van der Waals surface area (Å²) in [6, 6.07) is 5.88. The third kappa shape index (κ3) is 2.60. The molecule has 19 heavy (non-hydrogen) atoms. The van der Waals surface area contributed by atoms with E-state index in [1.807, 2.05) is 0 Å². The highest BCUT2D eigenvalue weighted by molar-refractivity contribution is 7.92. The molecule has 98 valence electrons. The fraction of sp³-hybridized carbons (Fsp3) is 0.0833. The lowest BCUT2D eigenvalue weighted by atomic mass is 10.2. The summed E-state index contributed by atoms with van der Waals surface area (Å²) >= 11 is 0. The topological polar surface area (TPSA) is 93.0 Å². The first kappa shape index (κ1) is 13.2. The number of esters is 1. The summed E-state index contributed by atoms with van der Waals surface area (Å²) in [5.74, 6) is -0.480. The molecular formula is C12H11N3O3S. The molecule has 0 amide bonds. The largest absolute Gasteiger partial charge is 0.465 e. The van der Waals surface area contributed by atoms with Crippen molar-refractivity contribution in [3.05, 3.63) is 48.5 Å². The number of carbonyl (C=O) groups excluding carboxylic acids is 1. The minimum atomic E-state index is -3.17. The molecule has 1 unspecified atom stereocenters. The molecule has 1 N–H and O–H groups in total. The summed E-state index contributed by atoms with van der Waals surface area (Å²) in [4.78, 5) is 19.3. The lowest BCUT2D eigenvalue weighted by molar-refractivity contribution is 0.0600. The fourth-order valence-corrected chi connectivity index (χ4v) is 2.68. The highest BCUT2D eigenvalue weighted by Crippen LogP contribution is 2.20. The SMILES string of the molecule is COC(=O)c1ccc(S(=N)(=O)c2cncnc2)cc1. The molecule has 0 aliphatic heterocycles. The molecule has 0 bridgehead atoms. The molecule has 1 atom stereocenters. The zero-order valence-corrected chi connectivity index (χ0v) is 10.9. The van der Waals surface area contributed by atoms with Crippen LogP contribution in [0.25, 0.3) is 0 Å². The van der Waals surface area contributed by atoms with Crippen molar-refractivity contribution in [1.82, 2.24) is 9.97 Å². The van der Waals surface area contributed by atoms with Crippen molar-refractivity contribution in [2.45, 2.75) is 9.79 Å². The van der Waals surface area contributed by atoms with Gasteiger partial charge in [0.1, 0.15) is 16.1 Å². The molecule has 1 heterocycles. The molecule has 1 aromatic heterocycles. The van der Waals surface area contributed by atoms with E-state index in [4.69, 9.17) is 4.78 Å². The number of aromatic nitrogens is 2. The van der Waals surface area contributed by atoms with Crippen LogP contribution in [-0.4, -0.2) is 27.3 Å². The van der Waals surface area contributed by atoms with Crippen LogP contribution in [-0.2, 0) is 14.5 Å². The minimum absolute atomic E-state index is 0.223.